The molecule has 0 spiro atoms. The Bertz CT molecular complexity index is 1820. The number of hydrogen-bond acceptors (Lipinski definition) is 15. The van der Waals surface area contributed by atoms with E-state index in [-0.39, 0.29) is 25.7 Å². The van der Waals surface area contributed by atoms with Gasteiger partial charge in [0, 0.05) is 25.7 Å². The molecule has 0 radical (unpaired) electrons. The molecule has 0 fully saturated rings. The molecular formula is C74H144O17P2. The minimum atomic E-state index is -4.96. The third-order valence-electron chi connectivity index (χ3n) is 17.5. The molecule has 19 heteroatoms. The first-order valence-corrected chi connectivity index (χ1v) is 41.4. The summed E-state index contributed by atoms with van der Waals surface area (Å²) in [6.45, 7) is 11.8. The molecule has 3 N–H and O–H groups in total. The highest BCUT2D eigenvalue weighted by atomic mass is 31.2. The van der Waals surface area contributed by atoms with Crippen molar-refractivity contribution in [1.29, 1.82) is 0 Å². The maximum Gasteiger partial charge on any atom is 0.472 e. The van der Waals surface area contributed by atoms with E-state index in [4.69, 9.17) is 37.0 Å². The van der Waals surface area contributed by atoms with Crippen LogP contribution in [0.1, 0.15) is 376 Å². The second-order valence-corrected chi connectivity index (χ2v) is 30.8. The predicted octanol–water partition coefficient (Wildman–Crippen LogP) is 21.4. The van der Waals surface area contributed by atoms with Crippen molar-refractivity contribution in [2.45, 2.75) is 394 Å². The van der Waals surface area contributed by atoms with Crippen LogP contribution >= 0.6 is 15.6 Å². The van der Waals surface area contributed by atoms with Crippen LogP contribution in [0.2, 0.25) is 0 Å². The molecule has 0 aliphatic carbocycles. The summed E-state index contributed by atoms with van der Waals surface area (Å²) < 4.78 is 68.4. The molecule has 6 atom stereocenters. The molecule has 0 aromatic heterocycles. The number of rotatable bonds is 72. The van der Waals surface area contributed by atoms with Crippen LogP contribution in [-0.2, 0) is 65.4 Å². The molecule has 552 valence electrons. The minimum absolute atomic E-state index is 0.104. The van der Waals surface area contributed by atoms with Crippen molar-refractivity contribution in [2.24, 2.45) is 17.8 Å². The van der Waals surface area contributed by atoms with Crippen molar-refractivity contribution in [3.05, 3.63) is 0 Å². The first kappa shape index (κ1) is 91.1. The fourth-order valence-electron chi connectivity index (χ4n) is 11.2. The van der Waals surface area contributed by atoms with Gasteiger partial charge in [0.05, 0.1) is 26.4 Å². The Balaban J connectivity index is 5.22. The molecule has 3 unspecified atom stereocenters. The second kappa shape index (κ2) is 64.7. The van der Waals surface area contributed by atoms with Crippen LogP contribution in [0.25, 0.3) is 0 Å². The zero-order valence-corrected chi connectivity index (χ0v) is 62.5. The van der Waals surface area contributed by atoms with E-state index in [1.54, 1.807) is 0 Å². The van der Waals surface area contributed by atoms with Crippen LogP contribution in [-0.4, -0.2) is 96.7 Å². The molecule has 0 aromatic carbocycles. The summed E-state index contributed by atoms with van der Waals surface area (Å²) >= 11 is 0. The number of carbonyl (C=O) groups excluding carboxylic acids is 4. The molecule has 0 saturated heterocycles. The monoisotopic (exact) mass is 1370 g/mol. The minimum Gasteiger partial charge on any atom is -0.462 e. The van der Waals surface area contributed by atoms with E-state index < -0.39 is 97.5 Å². The van der Waals surface area contributed by atoms with Gasteiger partial charge in [0.2, 0.25) is 0 Å². The van der Waals surface area contributed by atoms with E-state index in [9.17, 15) is 43.2 Å². The van der Waals surface area contributed by atoms with Gasteiger partial charge in [-0.05, 0) is 43.4 Å². The lowest BCUT2D eigenvalue weighted by Crippen LogP contribution is -2.30. The predicted molar refractivity (Wildman–Crippen MR) is 377 cm³/mol. The normalized spacial score (nSPS) is 14.4. The molecule has 0 saturated carbocycles. The van der Waals surface area contributed by atoms with E-state index in [2.05, 4.69) is 48.5 Å². The van der Waals surface area contributed by atoms with Crippen LogP contribution in [0, 0.1) is 17.8 Å². The average molecular weight is 1370 g/mol. The van der Waals surface area contributed by atoms with E-state index in [1.165, 1.54) is 180 Å². The smallest absolute Gasteiger partial charge is 0.462 e. The van der Waals surface area contributed by atoms with Crippen LogP contribution in [0.4, 0.5) is 0 Å². The average Bonchev–Trinajstić information content (AvgIpc) is 3.23. The Hall–Kier alpha value is -1.94. The molecule has 0 rings (SSSR count). The fourth-order valence-corrected chi connectivity index (χ4v) is 12.8. The largest absolute Gasteiger partial charge is 0.472 e. The van der Waals surface area contributed by atoms with Gasteiger partial charge in [0.1, 0.15) is 19.3 Å². The Labute approximate surface area is 568 Å². The maximum atomic E-state index is 13.1. The van der Waals surface area contributed by atoms with Gasteiger partial charge in [0.25, 0.3) is 0 Å². The number of aliphatic hydroxyl groups is 1. The Morgan fingerprint density at radius 2 is 0.548 bits per heavy atom. The summed E-state index contributed by atoms with van der Waals surface area (Å²) in [4.78, 5) is 72.7. The topological polar surface area (TPSA) is 237 Å². The van der Waals surface area contributed by atoms with E-state index in [1.807, 2.05) is 0 Å². The number of esters is 4. The molecule has 17 nitrogen and oxygen atoms in total. The van der Waals surface area contributed by atoms with Crippen LogP contribution in [0.3, 0.4) is 0 Å². The SMILES string of the molecule is CCCCCCCCCCCCCCCCCCCCCC(=O)O[C@H](COC(=O)CCCCCCCCCCCCC(C)C)COP(=O)(O)OC[C@@H](O)COP(=O)(O)OC[C@@H](COC(=O)CCCCCCCCC(C)C)OC(=O)CCCCCCCCCCC(C)CC. The summed E-state index contributed by atoms with van der Waals surface area (Å²) in [5.74, 6) is 0.0827. The Morgan fingerprint density at radius 3 is 0.817 bits per heavy atom. The highest BCUT2D eigenvalue weighted by molar-refractivity contribution is 7.47. The van der Waals surface area contributed by atoms with E-state index in [0.717, 1.165) is 108 Å². The third kappa shape index (κ3) is 67.0. The van der Waals surface area contributed by atoms with Gasteiger partial charge in [-0.2, -0.15) is 0 Å². The summed E-state index contributed by atoms with van der Waals surface area (Å²) in [6, 6.07) is 0. The first-order chi connectivity index (χ1) is 44.8. The van der Waals surface area contributed by atoms with Crippen LogP contribution in [0.15, 0.2) is 0 Å². The number of ether oxygens (including phenoxy) is 4. The lowest BCUT2D eigenvalue weighted by molar-refractivity contribution is -0.161. The Morgan fingerprint density at radius 1 is 0.312 bits per heavy atom. The first-order valence-electron chi connectivity index (χ1n) is 38.4. The number of unbranched alkanes of at least 4 members (excludes halogenated alkanes) is 39. The third-order valence-corrected chi connectivity index (χ3v) is 19.4. The maximum absolute atomic E-state index is 13.1. The molecule has 0 aliphatic rings. The van der Waals surface area contributed by atoms with Gasteiger partial charge >= 0.3 is 39.5 Å². The van der Waals surface area contributed by atoms with E-state index in [0.29, 0.717) is 31.6 Å². The summed E-state index contributed by atoms with van der Waals surface area (Å²) in [7, 11) is -9.91. The Kier molecular flexibility index (Phi) is 63.4. The zero-order valence-electron chi connectivity index (χ0n) is 60.7. The van der Waals surface area contributed by atoms with Crippen LogP contribution in [0.5, 0.6) is 0 Å². The van der Waals surface area contributed by atoms with Crippen molar-refractivity contribution in [1.82, 2.24) is 0 Å². The van der Waals surface area contributed by atoms with Crippen molar-refractivity contribution in [2.75, 3.05) is 39.6 Å². The number of phosphoric acid groups is 2. The number of carbonyl (C=O) groups is 4. The molecule has 93 heavy (non-hydrogen) atoms. The fraction of sp³-hybridized carbons (Fsp3) is 0.946. The number of phosphoric ester groups is 2. The van der Waals surface area contributed by atoms with Crippen molar-refractivity contribution >= 4 is 39.5 Å². The molecule has 0 heterocycles. The molecule has 0 amide bonds. The van der Waals surface area contributed by atoms with Crippen molar-refractivity contribution < 1.29 is 80.2 Å². The van der Waals surface area contributed by atoms with Gasteiger partial charge in [-0.1, -0.05) is 325 Å². The summed E-state index contributed by atoms with van der Waals surface area (Å²) in [5, 5.41) is 10.6. The zero-order chi connectivity index (χ0) is 68.7. The lowest BCUT2D eigenvalue weighted by atomic mass is 9.99. The van der Waals surface area contributed by atoms with E-state index >= 15 is 0 Å². The standard InChI is InChI=1S/C74H144O17P2/c1-8-10-11-12-13-14-15-16-17-18-19-20-21-22-23-28-34-43-50-57-73(78)90-69(61-84-71(76)55-48-41-33-27-25-24-26-31-38-45-52-65(3)4)63-88-92(80,81)86-59-68(75)60-87-93(82,83)89-64-70(62-85-72(77)56-49-42-37-36-39-46-53-66(5)6)91-74(79)58-51-44-35-30-29-32-40-47-54-67(7)9-2/h65-70,75H,8-64H2,1-7H3,(H,80,81)(H,82,83)/t67?,68-,69-,70-/m1/s1. The quantitative estimate of drug-likeness (QED) is 0.0222. The number of hydrogen-bond donors (Lipinski definition) is 3. The molecule has 0 aliphatic heterocycles. The van der Waals surface area contributed by atoms with Crippen molar-refractivity contribution in [3.8, 4) is 0 Å². The van der Waals surface area contributed by atoms with Gasteiger partial charge < -0.3 is 33.8 Å². The van der Waals surface area contributed by atoms with Gasteiger partial charge in [-0.3, -0.25) is 37.3 Å². The van der Waals surface area contributed by atoms with Crippen molar-refractivity contribution in [3.63, 3.8) is 0 Å². The van der Waals surface area contributed by atoms with Crippen LogP contribution < -0.4 is 0 Å². The lowest BCUT2D eigenvalue weighted by Gasteiger charge is -2.21. The molecule has 0 bridgehead atoms. The summed E-state index contributed by atoms with van der Waals surface area (Å²) in [6.07, 6.45) is 50.1. The second-order valence-electron chi connectivity index (χ2n) is 27.9. The van der Waals surface area contributed by atoms with Gasteiger partial charge in [0.15, 0.2) is 12.2 Å². The van der Waals surface area contributed by atoms with Gasteiger partial charge in [-0.15, -0.1) is 0 Å². The number of aliphatic hydroxyl groups excluding tert-OH is 1. The summed E-state index contributed by atoms with van der Waals surface area (Å²) in [5.41, 5.74) is 0. The molecular weight excluding hydrogens is 1220 g/mol. The van der Waals surface area contributed by atoms with Gasteiger partial charge in [-0.25, -0.2) is 9.13 Å². The highest BCUT2D eigenvalue weighted by Gasteiger charge is 2.30. The molecule has 0 aromatic rings. The highest BCUT2D eigenvalue weighted by Crippen LogP contribution is 2.45.